The van der Waals surface area contributed by atoms with Crippen LogP contribution in [-0.2, 0) is 9.53 Å². The molecule has 1 aromatic rings. The smallest absolute Gasteiger partial charge is 0.408 e. The molecule has 6 nitrogen and oxygen atoms in total. The van der Waals surface area contributed by atoms with Gasteiger partial charge in [-0.1, -0.05) is 15.9 Å². The summed E-state index contributed by atoms with van der Waals surface area (Å²) in [5.41, 5.74) is 0.0270. The fourth-order valence-electron chi connectivity index (χ4n) is 2.36. The lowest BCUT2D eigenvalue weighted by atomic mass is 10.0. The molecule has 7 heteroatoms. The molecule has 0 aliphatic carbocycles. The van der Waals surface area contributed by atoms with E-state index < -0.39 is 23.8 Å². The molecule has 2 rings (SSSR count). The number of aliphatic hydroxyl groups is 1. The van der Waals surface area contributed by atoms with Gasteiger partial charge in [0.15, 0.2) is 0 Å². The van der Waals surface area contributed by atoms with Gasteiger partial charge in [-0.05, 0) is 45.0 Å². The lowest BCUT2D eigenvalue weighted by molar-refractivity contribution is -0.123. The molecule has 1 saturated heterocycles. The van der Waals surface area contributed by atoms with E-state index in [1.807, 2.05) is 12.1 Å². The summed E-state index contributed by atoms with van der Waals surface area (Å²) in [5.74, 6) is -0.261. The van der Waals surface area contributed by atoms with E-state index in [-0.39, 0.29) is 18.9 Å². The van der Waals surface area contributed by atoms with Gasteiger partial charge >= 0.3 is 6.09 Å². The molecular formula is C16H21BrN2O4. The van der Waals surface area contributed by atoms with Crippen molar-refractivity contribution in [2.24, 2.45) is 0 Å². The van der Waals surface area contributed by atoms with Crippen LogP contribution in [0.15, 0.2) is 28.7 Å². The number of nitrogens with one attached hydrogen (secondary N) is 1. The molecule has 1 aromatic carbocycles. The highest BCUT2D eigenvalue weighted by atomic mass is 79.9. The number of alkyl carbamates (subject to hydrolysis) is 1. The Labute approximate surface area is 143 Å². The highest BCUT2D eigenvalue weighted by Crippen LogP contribution is 2.23. The summed E-state index contributed by atoms with van der Waals surface area (Å²) in [6.45, 7) is 5.45. The molecule has 0 spiro atoms. The molecule has 0 aromatic heterocycles. The third-order valence-electron chi connectivity index (χ3n) is 3.29. The number of benzene rings is 1. The minimum Gasteiger partial charge on any atom is -0.444 e. The van der Waals surface area contributed by atoms with Crippen LogP contribution >= 0.6 is 15.9 Å². The van der Waals surface area contributed by atoms with Gasteiger partial charge in [-0.25, -0.2) is 4.79 Å². The van der Waals surface area contributed by atoms with Crippen LogP contribution < -0.4 is 10.2 Å². The molecule has 126 valence electrons. The Morgan fingerprint density at radius 2 is 1.96 bits per heavy atom. The third-order valence-corrected chi connectivity index (χ3v) is 3.82. The van der Waals surface area contributed by atoms with Gasteiger partial charge in [-0.2, -0.15) is 0 Å². The number of ether oxygens (including phenoxy) is 1. The van der Waals surface area contributed by atoms with E-state index in [0.717, 1.165) is 4.47 Å². The van der Waals surface area contributed by atoms with Crippen molar-refractivity contribution in [3.8, 4) is 0 Å². The molecule has 1 aliphatic rings. The van der Waals surface area contributed by atoms with Crippen molar-refractivity contribution in [1.29, 1.82) is 0 Å². The topological polar surface area (TPSA) is 78.9 Å². The summed E-state index contributed by atoms with van der Waals surface area (Å²) >= 11 is 3.34. The van der Waals surface area contributed by atoms with E-state index in [0.29, 0.717) is 5.69 Å². The Bertz CT molecular complexity index is 583. The maximum Gasteiger partial charge on any atom is 0.408 e. The fraction of sp³-hybridized carbons (Fsp3) is 0.500. The summed E-state index contributed by atoms with van der Waals surface area (Å²) in [6.07, 6.45) is -1.21. The van der Waals surface area contributed by atoms with Gasteiger partial charge in [-0.3, -0.25) is 4.79 Å². The van der Waals surface area contributed by atoms with Crippen molar-refractivity contribution >= 4 is 33.6 Å². The van der Waals surface area contributed by atoms with E-state index in [4.69, 9.17) is 4.74 Å². The van der Waals surface area contributed by atoms with Gasteiger partial charge in [0.2, 0.25) is 5.91 Å². The first-order valence-electron chi connectivity index (χ1n) is 7.40. The number of hydrogen-bond donors (Lipinski definition) is 2. The quantitative estimate of drug-likeness (QED) is 0.820. The first-order valence-corrected chi connectivity index (χ1v) is 8.19. The number of rotatable bonds is 2. The predicted molar refractivity (Wildman–Crippen MR) is 90.3 cm³/mol. The number of aliphatic hydroxyl groups excluding tert-OH is 1. The maximum absolute atomic E-state index is 12.6. The lowest BCUT2D eigenvalue weighted by Gasteiger charge is -2.35. The van der Waals surface area contributed by atoms with Crippen LogP contribution in [0.4, 0.5) is 10.5 Å². The average Bonchev–Trinajstić information content (AvgIpc) is 2.41. The molecule has 1 fully saturated rings. The third kappa shape index (κ3) is 4.94. The molecule has 2 N–H and O–H groups in total. The Morgan fingerprint density at radius 3 is 2.52 bits per heavy atom. The van der Waals surface area contributed by atoms with Crippen LogP contribution in [0.5, 0.6) is 0 Å². The predicted octanol–water partition coefficient (Wildman–Crippen LogP) is 2.44. The van der Waals surface area contributed by atoms with Crippen LogP contribution in [0.2, 0.25) is 0 Å². The normalized spacial score (nSPS) is 22.0. The van der Waals surface area contributed by atoms with Crippen LogP contribution in [0.3, 0.4) is 0 Å². The zero-order chi connectivity index (χ0) is 17.2. The number of halogens is 1. The van der Waals surface area contributed by atoms with Crippen LogP contribution in [-0.4, -0.2) is 41.4 Å². The summed E-state index contributed by atoms with van der Waals surface area (Å²) in [4.78, 5) is 25.9. The maximum atomic E-state index is 12.6. The second-order valence-electron chi connectivity index (χ2n) is 6.51. The molecule has 1 heterocycles. The van der Waals surface area contributed by atoms with Crippen molar-refractivity contribution in [3.63, 3.8) is 0 Å². The van der Waals surface area contributed by atoms with E-state index in [1.165, 1.54) is 4.90 Å². The zero-order valence-electron chi connectivity index (χ0n) is 13.4. The second-order valence-corrected chi connectivity index (χ2v) is 7.43. The van der Waals surface area contributed by atoms with Gasteiger partial charge in [0.25, 0.3) is 0 Å². The molecular weight excluding hydrogens is 364 g/mol. The van der Waals surface area contributed by atoms with Crippen molar-refractivity contribution < 1.29 is 19.4 Å². The highest BCUT2D eigenvalue weighted by Gasteiger charge is 2.36. The molecule has 0 saturated carbocycles. The number of carbonyl (C=O) groups excluding carboxylic acids is 2. The molecule has 0 bridgehead atoms. The molecule has 1 aliphatic heterocycles. The summed E-state index contributed by atoms with van der Waals surface area (Å²) in [5, 5.41) is 12.6. The highest BCUT2D eigenvalue weighted by molar-refractivity contribution is 9.10. The fourth-order valence-corrected chi connectivity index (χ4v) is 2.62. The number of anilines is 1. The molecule has 2 atom stereocenters. The molecule has 0 radical (unpaired) electrons. The summed E-state index contributed by atoms with van der Waals surface area (Å²) in [7, 11) is 0. The number of piperidine rings is 1. The standard InChI is InChI=1S/C16H21BrN2O4/c1-16(2,3)23-15(22)18-13-8-12(20)9-19(14(13)21)11-6-4-10(17)5-7-11/h4-7,12-13,20H,8-9H2,1-3H3,(H,18,22)/t12-,13?/m1/s1. The van der Waals surface area contributed by atoms with E-state index in [9.17, 15) is 14.7 Å². The number of β-amino-alcohol motifs (C(OH)–C–C–N with tert-alkyl or cyclic N) is 1. The Hall–Kier alpha value is -1.60. The lowest BCUT2D eigenvalue weighted by Crippen LogP contribution is -2.57. The first-order chi connectivity index (χ1) is 10.7. The average molecular weight is 385 g/mol. The number of carbonyl (C=O) groups is 2. The first kappa shape index (κ1) is 17.7. The van der Waals surface area contributed by atoms with E-state index in [2.05, 4.69) is 21.2 Å². The van der Waals surface area contributed by atoms with E-state index >= 15 is 0 Å². The van der Waals surface area contributed by atoms with Crippen molar-refractivity contribution in [3.05, 3.63) is 28.7 Å². The van der Waals surface area contributed by atoms with Crippen LogP contribution in [0.25, 0.3) is 0 Å². The van der Waals surface area contributed by atoms with Crippen LogP contribution in [0, 0.1) is 0 Å². The van der Waals surface area contributed by atoms with Gasteiger partial charge in [0.05, 0.1) is 12.6 Å². The van der Waals surface area contributed by atoms with Gasteiger partial charge in [0, 0.05) is 16.6 Å². The minimum atomic E-state index is -0.808. The van der Waals surface area contributed by atoms with Gasteiger partial charge < -0.3 is 20.1 Å². The summed E-state index contributed by atoms with van der Waals surface area (Å²) < 4.78 is 6.07. The molecule has 2 amide bonds. The van der Waals surface area contributed by atoms with Crippen molar-refractivity contribution in [1.82, 2.24) is 5.32 Å². The van der Waals surface area contributed by atoms with Gasteiger partial charge in [0.1, 0.15) is 11.6 Å². The summed E-state index contributed by atoms with van der Waals surface area (Å²) in [6, 6.07) is 6.40. The Balaban J connectivity index is 2.11. The van der Waals surface area contributed by atoms with Gasteiger partial charge in [-0.15, -0.1) is 0 Å². The van der Waals surface area contributed by atoms with E-state index in [1.54, 1.807) is 32.9 Å². The number of amides is 2. The Morgan fingerprint density at radius 1 is 1.35 bits per heavy atom. The number of nitrogens with zero attached hydrogens (tertiary/aromatic N) is 1. The van der Waals surface area contributed by atoms with Crippen molar-refractivity contribution in [2.45, 2.75) is 44.9 Å². The van der Waals surface area contributed by atoms with Crippen molar-refractivity contribution in [2.75, 3.05) is 11.4 Å². The molecule has 1 unspecified atom stereocenters. The minimum absolute atomic E-state index is 0.172. The van der Waals surface area contributed by atoms with Crippen LogP contribution in [0.1, 0.15) is 27.2 Å². The SMILES string of the molecule is CC(C)(C)OC(=O)NC1C[C@@H](O)CN(c2ccc(Br)cc2)C1=O. The Kier molecular flexibility index (Phi) is 5.31. The second kappa shape index (κ2) is 6.88. The largest absolute Gasteiger partial charge is 0.444 e. The monoisotopic (exact) mass is 384 g/mol. The molecule has 23 heavy (non-hydrogen) atoms. The number of hydrogen-bond acceptors (Lipinski definition) is 4. The zero-order valence-corrected chi connectivity index (χ0v) is 15.0.